The van der Waals surface area contributed by atoms with E-state index < -0.39 is 0 Å². The highest BCUT2D eigenvalue weighted by Gasteiger charge is 2.19. The number of halogens is 1. The molecule has 32 heavy (non-hydrogen) atoms. The molecule has 0 radical (unpaired) electrons. The molecule has 0 saturated carbocycles. The number of oxazole rings is 1. The van der Waals surface area contributed by atoms with Crippen molar-refractivity contribution in [1.29, 1.82) is 0 Å². The summed E-state index contributed by atoms with van der Waals surface area (Å²) in [5.41, 5.74) is 1.95. The number of benzene rings is 1. The summed E-state index contributed by atoms with van der Waals surface area (Å²) in [4.78, 5) is 21.1. The molecular formula is C22H29ClN4O3S2. The van der Waals surface area contributed by atoms with Crippen LogP contribution in [0.15, 0.2) is 45.3 Å². The molecule has 0 aliphatic rings. The first kappa shape index (κ1) is 26.3. The van der Waals surface area contributed by atoms with Gasteiger partial charge in [0.2, 0.25) is 11.8 Å². The molecule has 2 aromatic heterocycles. The van der Waals surface area contributed by atoms with Crippen molar-refractivity contribution >= 4 is 46.5 Å². The summed E-state index contributed by atoms with van der Waals surface area (Å²) in [6.07, 6.45) is 3.82. The molecular weight excluding hydrogens is 468 g/mol. The van der Waals surface area contributed by atoms with Crippen molar-refractivity contribution in [3.63, 3.8) is 0 Å². The van der Waals surface area contributed by atoms with E-state index in [1.165, 1.54) is 11.3 Å². The number of aromatic nitrogens is 2. The lowest BCUT2D eigenvalue weighted by atomic mass is 9.94. The number of carbonyl (C=O) groups excluding carboxylic acids is 1. The van der Waals surface area contributed by atoms with Crippen LogP contribution in [0.4, 0.5) is 5.13 Å². The van der Waals surface area contributed by atoms with Gasteiger partial charge in [0.1, 0.15) is 5.76 Å². The van der Waals surface area contributed by atoms with Crippen molar-refractivity contribution in [1.82, 2.24) is 15.3 Å². The summed E-state index contributed by atoms with van der Waals surface area (Å²) in [5, 5.41) is 15.4. The van der Waals surface area contributed by atoms with E-state index in [0.29, 0.717) is 29.9 Å². The van der Waals surface area contributed by atoms with Crippen LogP contribution in [0.5, 0.6) is 0 Å². The van der Waals surface area contributed by atoms with E-state index in [9.17, 15) is 4.79 Å². The summed E-state index contributed by atoms with van der Waals surface area (Å²) >= 11 is 3.02. The lowest BCUT2D eigenvalue weighted by molar-refractivity contribution is -0.115. The summed E-state index contributed by atoms with van der Waals surface area (Å²) < 4.78 is 6.80. The number of thiazole rings is 1. The van der Waals surface area contributed by atoms with Crippen molar-refractivity contribution in [3.05, 3.63) is 59.4 Å². The van der Waals surface area contributed by atoms with E-state index in [4.69, 9.17) is 9.52 Å². The molecule has 2 heterocycles. The smallest absolute Gasteiger partial charge is 0.230 e. The molecule has 3 aromatic rings. The predicted molar refractivity (Wildman–Crippen MR) is 132 cm³/mol. The molecule has 0 spiro atoms. The van der Waals surface area contributed by atoms with Crippen molar-refractivity contribution < 1.29 is 14.3 Å². The number of aliphatic hydroxyl groups excluding tert-OH is 1. The van der Waals surface area contributed by atoms with Gasteiger partial charge in [0.25, 0.3) is 0 Å². The van der Waals surface area contributed by atoms with Crippen LogP contribution in [0.1, 0.15) is 43.5 Å². The van der Waals surface area contributed by atoms with Crippen LogP contribution in [0.3, 0.4) is 0 Å². The molecule has 3 rings (SSSR count). The highest BCUT2D eigenvalue weighted by atomic mass is 35.5. The van der Waals surface area contributed by atoms with Crippen molar-refractivity contribution in [2.75, 3.05) is 18.5 Å². The number of nitrogens with one attached hydrogen (secondary N) is 2. The standard InChI is InChI=1S/C22H28N4O3S2.ClH/c1-22(2,3)17-12-24-19(29-17)14-30-20-13-25-21(31-20)26-18(28)10-15-5-4-6-16(9-15)11-23-7-8-27;/h4-6,9,12-13,23,27H,7-8,10-11,14H2,1-3H3,(H,25,26,28);1H. The molecule has 0 atom stereocenters. The number of carbonyl (C=O) groups is 1. The van der Waals surface area contributed by atoms with E-state index >= 15 is 0 Å². The fraction of sp³-hybridized carbons (Fsp3) is 0.409. The van der Waals surface area contributed by atoms with Crippen molar-refractivity contribution in [2.24, 2.45) is 0 Å². The van der Waals surface area contributed by atoms with Gasteiger partial charge in [-0.3, -0.25) is 4.79 Å². The molecule has 0 aliphatic carbocycles. The lowest BCUT2D eigenvalue weighted by Gasteiger charge is -2.12. The van der Waals surface area contributed by atoms with Gasteiger partial charge in [-0.25, -0.2) is 9.97 Å². The number of thioether (sulfide) groups is 1. The Balaban J connectivity index is 0.00000363. The third-order valence-corrected chi connectivity index (χ3v) is 6.43. The van der Waals surface area contributed by atoms with Gasteiger partial charge in [0.05, 0.1) is 35.4 Å². The number of aliphatic hydroxyl groups is 1. The Kier molecular flexibility index (Phi) is 10.2. The second kappa shape index (κ2) is 12.4. The number of hydrogen-bond acceptors (Lipinski definition) is 8. The van der Waals surface area contributed by atoms with Crippen LogP contribution >= 0.6 is 35.5 Å². The summed E-state index contributed by atoms with van der Waals surface area (Å²) in [5.74, 6) is 2.06. The Labute approximate surface area is 202 Å². The summed E-state index contributed by atoms with van der Waals surface area (Å²) in [6.45, 7) is 7.58. The minimum Gasteiger partial charge on any atom is -0.444 e. The van der Waals surface area contributed by atoms with Crippen LogP contribution in [-0.2, 0) is 28.9 Å². The lowest BCUT2D eigenvalue weighted by Crippen LogP contribution is -2.18. The van der Waals surface area contributed by atoms with Gasteiger partial charge < -0.3 is 20.2 Å². The average molecular weight is 497 g/mol. The maximum absolute atomic E-state index is 12.4. The molecule has 1 amide bonds. The molecule has 3 N–H and O–H groups in total. The van der Waals surface area contributed by atoms with E-state index in [1.807, 2.05) is 24.3 Å². The van der Waals surface area contributed by atoms with Gasteiger partial charge in [-0.05, 0) is 11.1 Å². The van der Waals surface area contributed by atoms with Gasteiger partial charge in [0, 0.05) is 18.5 Å². The molecule has 0 unspecified atom stereocenters. The average Bonchev–Trinajstić information content (AvgIpc) is 3.36. The molecule has 174 valence electrons. The Hall–Kier alpha value is -1.91. The van der Waals surface area contributed by atoms with Crippen molar-refractivity contribution in [3.8, 4) is 0 Å². The Morgan fingerprint density at radius 3 is 2.72 bits per heavy atom. The number of anilines is 1. The van der Waals surface area contributed by atoms with E-state index in [-0.39, 0.29) is 36.8 Å². The minimum atomic E-state index is -0.103. The van der Waals surface area contributed by atoms with Crippen molar-refractivity contribution in [2.45, 2.75) is 49.1 Å². The first-order valence-electron chi connectivity index (χ1n) is 10.1. The van der Waals surface area contributed by atoms with E-state index in [1.54, 1.807) is 24.2 Å². The van der Waals surface area contributed by atoms with Crippen LogP contribution in [-0.4, -0.2) is 34.1 Å². The minimum absolute atomic E-state index is 0. The third kappa shape index (κ3) is 8.22. The quantitative estimate of drug-likeness (QED) is 0.282. The largest absolute Gasteiger partial charge is 0.444 e. The van der Waals surface area contributed by atoms with Gasteiger partial charge >= 0.3 is 0 Å². The van der Waals surface area contributed by atoms with Gasteiger partial charge in [0.15, 0.2) is 5.13 Å². The maximum Gasteiger partial charge on any atom is 0.230 e. The Morgan fingerprint density at radius 2 is 2.00 bits per heavy atom. The molecule has 10 heteroatoms. The third-order valence-electron chi connectivity index (χ3n) is 4.34. The predicted octanol–water partition coefficient (Wildman–Crippen LogP) is 4.41. The van der Waals surface area contributed by atoms with Gasteiger partial charge in [-0.2, -0.15) is 0 Å². The molecule has 7 nitrogen and oxygen atoms in total. The first-order chi connectivity index (χ1) is 14.8. The SMILES string of the molecule is CC(C)(C)c1cnc(CSc2cnc(NC(=O)Cc3cccc(CNCCO)c3)s2)o1.Cl. The molecule has 0 saturated heterocycles. The van der Waals surface area contributed by atoms with Crippen LogP contribution < -0.4 is 10.6 Å². The number of nitrogens with zero attached hydrogens (tertiary/aromatic N) is 2. The molecule has 0 bridgehead atoms. The van der Waals surface area contributed by atoms with Gasteiger partial charge in [-0.15, -0.1) is 24.2 Å². The highest BCUT2D eigenvalue weighted by Crippen LogP contribution is 2.31. The number of amides is 1. The zero-order chi connectivity index (χ0) is 22.3. The molecule has 0 fully saturated rings. The number of hydrogen-bond donors (Lipinski definition) is 3. The van der Waals surface area contributed by atoms with E-state index in [0.717, 1.165) is 21.1 Å². The Bertz CT molecular complexity index is 1000. The Morgan fingerprint density at radius 1 is 1.22 bits per heavy atom. The summed E-state index contributed by atoms with van der Waals surface area (Å²) in [6, 6.07) is 7.86. The van der Waals surface area contributed by atoms with Crippen LogP contribution in [0.2, 0.25) is 0 Å². The zero-order valence-corrected chi connectivity index (χ0v) is 20.8. The maximum atomic E-state index is 12.4. The van der Waals surface area contributed by atoms with E-state index in [2.05, 4.69) is 41.4 Å². The zero-order valence-electron chi connectivity index (χ0n) is 18.4. The highest BCUT2D eigenvalue weighted by molar-refractivity contribution is 8.00. The fourth-order valence-electron chi connectivity index (χ4n) is 2.75. The van der Waals surface area contributed by atoms with Crippen LogP contribution in [0.25, 0.3) is 0 Å². The second-order valence-corrected chi connectivity index (χ2v) is 10.4. The second-order valence-electron chi connectivity index (χ2n) is 8.09. The molecule has 1 aromatic carbocycles. The normalized spacial score (nSPS) is 11.2. The number of rotatable bonds is 10. The monoisotopic (exact) mass is 496 g/mol. The first-order valence-corrected chi connectivity index (χ1v) is 11.9. The molecule has 0 aliphatic heterocycles. The fourth-order valence-corrected chi connectivity index (χ4v) is 4.49. The summed E-state index contributed by atoms with van der Waals surface area (Å²) in [7, 11) is 0. The van der Waals surface area contributed by atoms with Crippen LogP contribution in [0, 0.1) is 0 Å². The van der Waals surface area contributed by atoms with Gasteiger partial charge in [-0.1, -0.05) is 56.4 Å². The topological polar surface area (TPSA) is 100 Å².